The molecular formula is C26H28ClN11O3S. The summed E-state index contributed by atoms with van der Waals surface area (Å²) in [4.78, 5) is 27.0. The Balaban J connectivity index is 1.17. The van der Waals surface area contributed by atoms with E-state index in [2.05, 4.69) is 47.6 Å². The minimum atomic E-state index is -3.35. The van der Waals surface area contributed by atoms with Gasteiger partial charge in [0.15, 0.2) is 27.0 Å². The average Bonchev–Trinajstić information content (AvgIpc) is 3.64. The molecule has 0 atom stereocenters. The van der Waals surface area contributed by atoms with Gasteiger partial charge in [0.2, 0.25) is 11.9 Å². The number of sulfone groups is 1. The number of nitrogens with one attached hydrogen (secondary N) is 2. The Bertz CT molecular complexity index is 1750. The first-order chi connectivity index (χ1) is 20.1. The van der Waals surface area contributed by atoms with Crippen molar-refractivity contribution in [1.82, 2.24) is 29.4 Å². The Labute approximate surface area is 247 Å². The number of piperazine rings is 1. The molecule has 218 valence electrons. The molecule has 1 aliphatic carbocycles. The Hall–Kier alpha value is -4.18. The number of fused-ring (bicyclic) bond motifs is 1. The number of nitrogens with zero attached hydrogens (tertiary/aromatic N) is 9. The number of anilines is 4. The summed E-state index contributed by atoms with van der Waals surface area (Å²) in [5, 5.41) is 30.6. The highest BCUT2D eigenvalue weighted by atomic mass is 35.5. The lowest BCUT2D eigenvalue weighted by atomic mass is 10.1. The second-order valence-electron chi connectivity index (χ2n) is 10.8. The number of hydrogen-bond donors (Lipinski definition) is 2. The van der Waals surface area contributed by atoms with Gasteiger partial charge >= 0.3 is 0 Å². The first-order valence-corrected chi connectivity index (χ1v) is 15.9. The largest absolute Gasteiger partial charge is 0.368 e. The maximum atomic E-state index is 12.2. The van der Waals surface area contributed by atoms with Crippen molar-refractivity contribution >= 4 is 56.1 Å². The predicted octanol–water partition coefficient (Wildman–Crippen LogP) is 1.22. The van der Waals surface area contributed by atoms with Crippen LogP contribution >= 0.6 is 11.6 Å². The molecule has 16 heteroatoms. The van der Waals surface area contributed by atoms with E-state index in [0.717, 1.165) is 32.2 Å². The number of nitriles is 2. The van der Waals surface area contributed by atoms with E-state index in [-0.39, 0.29) is 23.6 Å². The van der Waals surface area contributed by atoms with E-state index in [9.17, 15) is 23.7 Å². The molecule has 2 saturated heterocycles. The van der Waals surface area contributed by atoms with Crippen LogP contribution < -0.4 is 15.5 Å². The van der Waals surface area contributed by atoms with Crippen LogP contribution in [0.15, 0.2) is 18.3 Å². The number of likely N-dealkylation sites (tertiary alicyclic amines) is 1. The number of halogens is 1. The van der Waals surface area contributed by atoms with Crippen molar-refractivity contribution in [3.05, 3.63) is 34.6 Å². The number of amides is 1. The maximum absolute atomic E-state index is 12.2. The van der Waals surface area contributed by atoms with Crippen LogP contribution in [0.2, 0.25) is 5.02 Å². The van der Waals surface area contributed by atoms with Gasteiger partial charge in [-0.2, -0.15) is 20.0 Å². The van der Waals surface area contributed by atoms with Crippen LogP contribution in [-0.4, -0.2) is 107 Å². The fourth-order valence-corrected chi connectivity index (χ4v) is 6.08. The van der Waals surface area contributed by atoms with Gasteiger partial charge in [-0.3, -0.25) is 9.69 Å². The molecule has 3 fully saturated rings. The van der Waals surface area contributed by atoms with Gasteiger partial charge in [0, 0.05) is 57.6 Å². The SMILES string of the molecule is CS(=O)(=O)CC(=O)N1CC(N2CCN(c3cc(C#N)cc(Nc4nc(NC5CC5)c5ncc(C#N)n5n4)c3Cl)CC2)C1. The molecule has 4 heterocycles. The van der Waals surface area contributed by atoms with Gasteiger partial charge < -0.3 is 20.4 Å². The molecule has 0 spiro atoms. The molecule has 2 N–H and O–H groups in total. The van der Waals surface area contributed by atoms with Crippen molar-refractivity contribution in [3.8, 4) is 12.1 Å². The fourth-order valence-electron chi connectivity index (χ4n) is 5.18. The molecule has 0 bridgehead atoms. The van der Waals surface area contributed by atoms with Crippen molar-refractivity contribution < 1.29 is 13.2 Å². The number of carbonyl (C=O) groups excluding carboxylic acids is 1. The Morgan fingerprint density at radius 3 is 2.52 bits per heavy atom. The van der Waals surface area contributed by atoms with Crippen molar-refractivity contribution in [3.63, 3.8) is 0 Å². The van der Waals surface area contributed by atoms with Crippen LogP contribution in [0, 0.1) is 22.7 Å². The smallest absolute Gasteiger partial charge is 0.247 e. The van der Waals surface area contributed by atoms with Crippen LogP contribution in [-0.2, 0) is 14.6 Å². The Kier molecular flexibility index (Phi) is 7.26. The molecule has 3 aromatic rings. The van der Waals surface area contributed by atoms with Gasteiger partial charge in [0.05, 0.1) is 34.2 Å². The van der Waals surface area contributed by atoms with Gasteiger partial charge in [-0.05, 0) is 25.0 Å². The molecule has 14 nitrogen and oxygen atoms in total. The van der Waals surface area contributed by atoms with Gasteiger partial charge in [-0.1, -0.05) is 11.6 Å². The lowest BCUT2D eigenvalue weighted by Crippen LogP contribution is -2.64. The number of aromatic nitrogens is 4. The molecule has 42 heavy (non-hydrogen) atoms. The van der Waals surface area contributed by atoms with Gasteiger partial charge in [-0.25, -0.2) is 13.4 Å². The zero-order chi connectivity index (χ0) is 29.6. The third kappa shape index (κ3) is 5.76. The number of imidazole rings is 1. The predicted molar refractivity (Wildman–Crippen MR) is 155 cm³/mol. The highest BCUT2D eigenvalue weighted by Gasteiger charge is 2.37. The van der Waals surface area contributed by atoms with Crippen molar-refractivity contribution in [1.29, 1.82) is 10.5 Å². The van der Waals surface area contributed by atoms with E-state index in [4.69, 9.17) is 11.6 Å². The van der Waals surface area contributed by atoms with Crippen LogP contribution in [0.4, 0.5) is 23.1 Å². The minimum Gasteiger partial charge on any atom is -0.368 e. The molecule has 2 aromatic heterocycles. The molecular weight excluding hydrogens is 582 g/mol. The standard InChI is InChI=1S/C26H28ClN11O3S/c1-42(40,41)15-22(39)37-13-19(14-37)35-4-6-36(7-5-35)21-9-16(10-28)8-20(23(21)27)32-26-33-24(31-17-2-3-17)25-30-12-18(11-29)38(25)34-26/h8-9,12,17,19H,2-7,13-15H2,1H3,(H2,31,32,33,34). The normalized spacial score (nSPS) is 17.9. The topological polar surface area (TPSA) is 176 Å². The highest BCUT2D eigenvalue weighted by Crippen LogP contribution is 2.37. The fraction of sp³-hybridized carbons (Fsp3) is 0.462. The monoisotopic (exact) mass is 609 g/mol. The number of rotatable bonds is 8. The summed E-state index contributed by atoms with van der Waals surface area (Å²) >= 11 is 6.89. The lowest BCUT2D eigenvalue weighted by molar-refractivity contribution is -0.135. The molecule has 3 aliphatic rings. The van der Waals surface area contributed by atoms with Gasteiger partial charge in [0.1, 0.15) is 11.8 Å². The van der Waals surface area contributed by atoms with Gasteiger partial charge in [0.25, 0.3) is 0 Å². The van der Waals surface area contributed by atoms with E-state index in [0.29, 0.717) is 65.6 Å². The average molecular weight is 610 g/mol. The summed E-state index contributed by atoms with van der Waals surface area (Å²) in [6, 6.07) is 8.16. The first-order valence-electron chi connectivity index (χ1n) is 13.5. The molecule has 2 aliphatic heterocycles. The summed E-state index contributed by atoms with van der Waals surface area (Å²) in [5.41, 5.74) is 2.29. The van der Waals surface area contributed by atoms with Gasteiger partial charge in [-0.15, -0.1) is 5.10 Å². The second-order valence-corrected chi connectivity index (χ2v) is 13.4. The number of benzene rings is 1. The zero-order valence-electron chi connectivity index (χ0n) is 22.8. The number of carbonyl (C=O) groups is 1. The van der Waals surface area contributed by atoms with Crippen molar-refractivity contribution in [2.45, 2.75) is 24.9 Å². The summed E-state index contributed by atoms with van der Waals surface area (Å²) in [7, 11) is -3.35. The summed E-state index contributed by atoms with van der Waals surface area (Å²) in [6.45, 7) is 3.78. The molecule has 1 aromatic carbocycles. The van der Waals surface area contributed by atoms with Crippen LogP contribution in [0.25, 0.3) is 5.65 Å². The van der Waals surface area contributed by atoms with E-state index < -0.39 is 15.6 Å². The van der Waals surface area contributed by atoms with E-state index >= 15 is 0 Å². The van der Waals surface area contributed by atoms with Crippen molar-refractivity contribution in [2.24, 2.45) is 0 Å². The van der Waals surface area contributed by atoms with Crippen LogP contribution in [0.5, 0.6) is 0 Å². The molecule has 6 rings (SSSR count). The van der Waals surface area contributed by atoms with E-state index in [1.165, 1.54) is 10.7 Å². The minimum absolute atomic E-state index is 0.181. The Morgan fingerprint density at radius 2 is 1.88 bits per heavy atom. The highest BCUT2D eigenvalue weighted by molar-refractivity contribution is 7.91. The maximum Gasteiger partial charge on any atom is 0.247 e. The summed E-state index contributed by atoms with van der Waals surface area (Å²) < 4.78 is 24.3. The number of hydrogen-bond acceptors (Lipinski definition) is 12. The van der Waals surface area contributed by atoms with E-state index in [1.807, 2.05) is 0 Å². The Morgan fingerprint density at radius 1 is 1.14 bits per heavy atom. The first kappa shape index (κ1) is 28.0. The van der Waals surface area contributed by atoms with E-state index in [1.54, 1.807) is 17.0 Å². The van der Waals surface area contributed by atoms with Crippen molar-refractivity contribution in [2.75, 3.05) is 66.8 Å². The molecule has 1 saturated carbocycles. The summed E-state index contributed by atoms with van der Waals surface area (Å²) in [6.07, 6.45) is 4.56. The van der Waals surface area contributed by atoms with Crippen LogP contribution in [0.1, 0.15) is 24.1 Å². The quantitative estimate of drug-likeness (QED) is 0.374. The lowest BCUT2D eigenvalue weighted by Gasteiger charge is -2.48. The molecule has 0 radical (unpaired) electrons. The van der Waals surface area contributed by atoms with Crippen LogP contribution in [0.3, 0.4) is 0 Å². The zero-order valence-corrected chi connectivity index (χ0v) is 24.4. The third-order valence-electron chi connectivity index (χ3n) is 7.60. The summed E-state index contributed by atoms with van der Waals surface area (Å²) in [5.74, 6) is -0.111. The molecule has 1 amide bonds. The molecule has 0 unspecified atom stereocenters. The third-order valence-corrected chi connectivity index (χ3v) is 8.76. The second kappa shape index (κ2) is 10.9.